The van der Waals surface area contributed by atoms with Crippen molar-refractivity contribution in [1.82, 2.24) is 0 Å². The van der Waals surface area contributed by atoms with E-state index in [9.17, 15) is 9.90 Å². The summed E-state index contributed by atoms with van der Waals surface area (Å²) in [4.78, 5) is 11.0. The Morgan fingerprint density at radius 2 is 1.94 bits per heavy atom. The molecule has 0 aliphatic carbocycles. The predicted molar refractivity (Wildman–Crippen MR) is 62.1 cm³/mol. The number of hydrogen-bond donors (Lipinski definition) is 2. The zero-order chi connectivity index (χ0) is 12.1. The summed E-state index contributed by atoms with van der Waals surface area (Å²) in [7, 11) is 0. The minimum absolute atomic E-state index is 0.462. The van der Waals surface area contributed by atoms with Crippen LogP contribution in [0.25, 0.3) is 0 Å². The van der Waals surface area contributed by atoms with Crippen LogP contribution in [0.15, 0.2) is 24.3 Å². The van der Waals surface area contributed by atoms with E-state index < -0.39 is 24.4 Å². The molecule has 1 aromatic rings. The minimum Gasteiger partial charge on any atom is -0.388 e. The number of benzene rings is 1. The van der Waals surface area contributed by atoms with E-state index in [-0.39, 0.29) is 0 Å². The summed E-state index contributed by atoms with van der Waals surface area (Å²) in [6.07, 6.45) is -0.759. The Morgan fingerprint density at radius 3 is 2.44 bits per heavy atom. The highest BCUT2D eigenvalue weighted by molar-refractivity contribution is 6.30. The fourth-order valence-electron chi connectivity index (χ4n) is 1.39. The molecule has 0 spiro atoms. The maximum absolute atomic E-state index is 11.0. The molecule has 0 aliphatic heterocycles. The molecule has 3 nitrogen and oxygen atoms in total. The highest BCUT2D eigenvalue weighted by Crippen LogP contribution is 2.15. The molecule has 0 heterocycles. The van der Waals surface area contributed by atoms with Gasteiger partial charge in [-0.3, -0.25) is 4.79 Å². The number of aliphatic hydroxyl groups excluding tert-OH is 2. The molecule has 87 valence electrons. The van der Waals surface area contributed by atoms with Crippen LogP contribution < -0.4 is 0 Å². The molecule has 1 radical (unpaired) electrons. The number of hydrogen-bond acceptors (Lipinski definition) is 3. The van der Waals surface area contributed by atoms with Crippen LogP contribution in [0.2, 0.25) is 5.02 Å². The van der Waals surface area contributed by atoms with Crippen LogP contribution in [0.5, 0.6) is 0 Å². The van der Waals surface area contributed by atoms with Gasteiger partial charge in [0.25, 0.3) is 0 Å². The lowest BCUT2D eigenvalue weighted by molar-refractivity contribution is -0.131. The Labute approximate surface area is 99.7 Å². The van der Waals surface area contributed by atoms with Gasteiger partial charge >= 0.3 is 0 Å². The molecular weight excluding hydrogens is 228 g/mol. The molecule has 4 heteroatoms. The van der Waals surface area contributed by atoms with Crippen molar-refractivity contribution in [2.45, 2.75) is 12.5 Å². The van der Waals surface area contributed by atoms with Gasteiger partial charge in [-0.15, -0.1) is 0 Å². The monoisotopic (exact) mass is 241 g/mol. The molecule has 0 bridgehead atoms. The fourth-order valence-corrected chi connectivity index (χ4v) is 1.52. The molecule has 0 aromatic heterocycles. The van der Waals surface area contributed by atoms with Gasteiger partial charge in [-0.25, -0.2) is 0 Å². The molecule has 16 heavy (non-hydrogen) atoms. The summed E-state index contributed by atoms with van der Waals surface area (Å²) in [6.45, 7) is 3.05. The summed E-state index contributed by atoms with van der Waals surface area (Å²) in [6, 6.07) is 7.11. The van der Waals surface area contributed by atoms with Crippen molar-refractivity contribution < 1.29 is 15.0 Å². The van der Waals surface area contributed by atoms with Crippen LogP contribution in [0.3, 0.4) is 0 Å². The van der Waals surface area contributed by atoms with Gasteiger partial charge in [0.15, 0.2) is 5.78 Å². The van der Waals surface area contributed by atoms with Crippen molar-refractivity contribution in [1.29, 1.82) is 0 Å². The Morgan fingerprint density at radius 1 is 1.38 bits per heavy atom. The Kier molecular flexibility index (Phi) is 4.93. The molecule has 1 rings (SSSR count). The molecule has 0 aliphatic rings. The van der Waals surface area contributed by atoms with Crippen LogP contribution in [0, 0.1) is 12.8 Å². The standard InChI is InChI=1S/C12H14ClO3/c1-8(12(16)11(15)7-14)6-9-2-4-10(13)5-3-9/h2-5,8,12,14,16H,1,6-7H2. The van der Waals surface area contributed by atoms with Crippen molar-refractivity contribution >= 4 is 17.4 Å². The topological polar surface area (TPSA) is 57.5 Å². The Hall–Kier alpha value is -0.900. The average Bonchev–Trinajstić information content (AvgIpc) is 2.30. The summed E-state index contributed by atoms with van der Waals surface area (Å²) in [5.41, 5.74) is 0.939. The van der Waals surface area contributed by atoms with Gasteiger partial charge in [0.05, 0.1) is 0 Å². The number of carbonyl (C=O) groups excluding carboxylic acids is 1. The first-order valence-electron chi connectivity index (χ1n) is 4.93. The smallest absolute Gasteiger partial charge is 0.186 e. The van der Waals surface area contributed by atoms with E-state index in [4.69, 9.17) is 16.7 Å². The molecule has 0 saturated carbocycles. The predicted octanol–water partition coefficient (Wildman–Crippen LogP) is 1.26. The third-order valence-electron chi connectivity index (χ3n) is 2.34. The lowest BCUT2D eigenvalue weighted by atomic mass is 9.94. The summed E-state index contributed by atoms with van der Waals surface area (Å²) in [5.74, 6) is -1.07. The average molecular weight is 242 g/mol. The number of Topliss-reactive ketones (excluding diaryl/α,β-unsaturated/α-hetero) is 1. The number of ketones is 1. The number of aliphatic hydroxyl groups is 2. The zero-order valence-electron chi connectivity index (χ0n) is 8.77. The van der Waals surface area contributed by atoms with Gasteiger partial charge in [-0.05, 0) is 37.0 Å². The highest BCUT2D eigenvalue weighted by Gasteiger charge is 2.21. The SMILES string of the molecule is [CH2]C(Cc1ccc(Cl)cc1)C(O)C(=O)CO. The van der Waals surface area contributed by atoms with Crippen molar-refractivity contribution in [2.24, 2.45) is 5.92 Å². The first-order valence-corrected chi connectivity index (χ1v) is 5.31. The Balaban J connectivity index is 2.60. The maximum atomic E-state index is 11.0. The quantitative estimate of drug-likeness (QED) is 0.816. The molecular formula is C12H14ClO3. The molecule has 2 N–H and O–H groups in total. The van der Waals surface area contributed by atoms with E-state index in [0.717, 1.165) is 5.56 Å². The first kappa shape index (κ1) is 13.2. The van der Waals surface area contributed by atoms with E-state index in [0.29, 0.717) is 11.4 Å². The van der Waals surface area contributed by atoms with Gasteiger partial charge in [-0.2, -0.15) is 0 Å². The zero-order valence-corrected chi connectivity index (χ0v) is 9.52. The van der Waals surface area contributed by atoms with Gasteiger partial charge < -0.3 is 10.2 Å². The number of carbonyl (C=O) groups is 1. The fraction of sp³-hybridized carbons (Fsp3) is 0.333. The second-order valence-electron chi connectivity index (χ2n) is 3.66. The molecule has 0 fully saturated rings. The number of halogens is 1. The van der Waals surface area contributed by atoms with Crippen LogP contribution >= 0.6 is 11.6 Å². The third-order valence-corrected chi connectivity index (χ3v) is 2.60. The van der Waals surface area contributed by atoms with Gasteiger partial charge in [0, 0.05) is 5.02 Å². The van der Waals surface area contributed by atoms with Gasteiger partial charge in [0.2, 0.25) is 0 Å². The van der Waals surface area contributed by atoms with Gasteiger partial charge in [0.1, 0.15) is 12.7 Å². The van der Waals surface area contributed by atoms with Crippen LogP contribution in [-0.2, 0) is 11.2 Å². The van der Waals surface area contributed by atoms with E-state index in [1.807, 2.05) is 12.1 Å². The second kappa shape index (κ2) is 5.99. The highest BCUT2D eigenvalue weighted by atomic mass is 35.5. The Bertz CT molecular complexity index is 348. The number of rotatable bonds is 5. The second-order valence-corrected chi connectivity index (χ2v) is 4.10. The van der Waals surface area contributed by atoms with Crippen LogP contribution in [0.4, 0.5) is 0 Å². The van der Waals surface area contributed by atoms with Crippen molar-refractivity contribution in [3.8, 4) is 0 Å². The molecule has 0 amide bonds. The molecule has 1 aromatic carbocycles. The maximum Gasteiger partial charge on any atom is 0.186 e. The van der Waals surface area contributed by atoms with E-state index in [2.05, 4.69) is 6.92 Å². The van der Waals surface area contributed by atoms with Crippen LogP contribution in [-0.4, -0.2) is 28.7 Å². The van der Waals surface area contributed by atoms with Crippen LogP contribution in [0.1, 0.15) is 5.56 Å². The van der Waals surface area contributed by atoms with Crippen molar-refractivity contribution in [2.75, 3.05) is 6.61 Å². The lowest BCUT2D eigenvalue weighted by Crippen LogP contribution is -2.31. The lowest BCUT2D eigenvalue weighted by Gasteiger charge is -2.16. The normalized spacial score (nSPS) is 14.5. The molecule has 2 atom stereocenters. The van der Waals surface area contributed by atoms with Gasteiger partial charge in [-0.1, -0.05) is 23.7 Å². The summed E-state index contributed by atoms with van der Waals surface area (Å²) < 4.78 is 0. The largest absolute Gasteiger partial charge is 0.388 e. The van der Waals surface area contributed by atoms with E-state index in [1.54, 1.807) is 12.1 Å². The van der Waals surface area contributed by atoms with Crippen molar-refractivity contribution in [3.63, 3.8) is 0 Å². The van der Waals surface area contributed by atoms with E-state index >= 15 is 0 Å². The third kappa shape index (κ3) is 3.59. The molecule has 0 saturated heterocycles. The summed E-state index contributed by atoms with van der Waals surface area (Å²) in [5, 5.41) is 18.7. The first-order chi connectivity index (χ1) is 7.54. The van der Waals surface area contributed by atoms with Crippen molar-refractivity contribution in [3.05, 3.63) is 41.8 Å². The minimum atomic E-state index is -1.22. The molecule has 2 unspecified atom stereocenters. The summed E-state index contributed by atoms with van der Waals surface area (Å²) >= 11 is 5.73. The van der Waals surface area contributed by atoms with E-state index in [1.165, 1.54) is 0 Å².